The van der Waals surface area contributed by atoms with E-state index in [0.717, 1.165) is 0 Å². The average Bonchev–Trinajstić information content (AvgIpc) is 1.99. The van der Waals surface area contributed by atoms with Crippen LogP contribution in [0.1, 0.15) is 12.8 Å². The van der Waals surface area contributed by atoms with Crippen molar-refractivity contribution in [1.82, 2.24) is 0 Å². The van der Waals surface area contributed by atoms with Crippen LogP contribution in [0.3, 0.4) is 0 Å². The summed E-state index contributed by atoms with van der Waals surface area (Å²) >= 11 is 0. The van der Waals surface area contributed by atoms with E-state index in [0.29, 0.717) is 0 Å². The number of halogens is 5. The lowest BCUT2D eigenvalue weighted by Gasteiger charge is -2.33. The maximum Gasteiger partial charge on any atom is 0.522 e. The Labute approximate surface area is 82.0 Å². The molecule has 4 nitrogen and oxygen atoms in total. The molecule has 0 saturated heterocycles. The highest BCUT2D eigenvalue weighted by atomic mass is 32.2. The Kier molecular flexibility index (Phi) is 4.05. The van der Waals surface area contributed by atoms with Gasteiger partial charge in [0.25, 0.3) is 0 Å². The van der Waals surface area contributed by atoms with Crippen LogP contribution in [0.25, 0.3) is 0 Å². The molecule has 2 atom stereocenters. The molecule has 15 heavy (non-hydrogen) atoms. The predicted octanol–water partition coefficient (Wildman–Crippen LogP) is 1.14. The fourth-order valence-corrected chi connectivity index (χ4v) is 0.529. The van der Waals surface area contributed by atoms with Gasteiger partial charge in [0, 0.05) is 6.42 Å². The molecule has 0 aromatic carbocycles. The Morgan fingerprint density at radius 1 is 1.40 bits per heavy atom. The highest BCUT2D eigenvalue weighted by Crippen LogP contribution is 2.33. The van der Waals surface area contributed by atoms with Crippen LogP contribution in [0, 0.1) is 0 Å². The van der Waals surface area contributed by atoms with Crippen LogP contribution in [0.5, 0.6) is 0 Å². The van der Waals surface area contributed by atoms with Crippen molar-refractivity contribution in [3.63, 3.8) is 0 Å². The summed E-state index contributed by atoms with van der Waals surface area (Å²) in [5, 5.41) is 0. The second-order valence-corrected chi connectivity index (χ2v) is 4.27. The Morgan fingerprint density at radius 3 is 1.67 bits per heavy atom. The highest BCUT2D eigenvalue weighted by molar-refractivity contribution is 7.86. The van der Waals surface area contributed by atoms with Crippen LogP contribution in [0.4, 0.5) is 22.0 Å². The lowest BCUT2D eigenvalue weighted by atomic mass is 9.89. The van der Waals surface area contributed by atoms with Crippen molar-refractivity contribution in [1.29, 1.82) is 0 Å². The van der Waals surface area contributed by atoms with E-state index in [2.05, 4.69) is 0 Å². The minimum Gasteiger partial charge on any atom is -0.297 e. The van der Waals surface area contributed by atoms with Crippen LogP contribution in [-0.2, 0) is 10.1 Å². The van der Waals surface area contributed by atoms with E-state index in [1.165, 1.54) is 0 Å². The molecule has 0 heterocycles. The van der Waals surface area contributed by atoms with Crippen molar-refractivity contribution in [3.8, 4) is 0 Å². The van der Waals surface area contributed by atoms with Gasteiger partial charge < -0.3 is 0 Å². The van der Waals surface area contributed by atoms with Gasteiger partial charge in [0.2, 0.25) is 0 Å². The Balaban J connectivity index is 0.000000262. The number of hydrogen-bond donors (Lipinski definition) is 2. The lowest BCUT2D eigenvalue weighted by Crippen LogP contribution is -2.52. The van der Waals surface area contributed by atoms with Crippen molar-refractivity contribution in [3.05, 3.63) is 0 Å². The molecule has 92 valence electrons. The Morgan fingerprint density at radius 2 is 1.67 bits per heavy atom. The molecule has 0 amide bonds. The van der Waals surface area contributed by atoms with Crippen molar-refractivity contribution in [2.75, 3.05) is 0 Å². The monoisotopic (exact) mass is 257 g/mol. The number of alkyl halides is 5. The summed E-state index contributed by atoms with van der Waals surface area (Å²) in [4.78, 5) is 0. The molecule has 0 aromatic rings. The summed E-state index contributed by atoms with van der Waals surface area (Å²) in [6.07, 6.45) is -0.950. The van der Waals surface area contributed by atoms with E-state index in [4.69, 9.17) is 18.7 Å². The summed E-state index contributed by atoms with van der Waals surface area (Å²) in [6.45, 7) is 0. The molecule has 2 unspecified atom stereocenters. The SMILES string of the molecule is NC1(F)CCC1F.O=S(=O)(O)C(F)(F)F. The first kappa shape index (κ1) is 14.5. The maximum absolute atomic E-state index is 12.0. The van der Waals surface area contributed by atoms with Gasteiger partial charge in [0.1, 0.15) is 6.17 Å². The molecule has 1 saturated carbocycles. The molecule has 0 aliphatic heterocycles. The van der Waals surface area contributed by atoms with E-state index in [-0.39, 0.29) is 12.8 Å². The third kappa shape index (κ3) is 4.26. The first-order chi connectivity index (χ1) is 6.38. The van der Waals surface area contributed by atoms with E-state index in [1.807, 2.05) is 0 Å². The Hall–Kier alpha value is -0.480. The van der Waals surface area contributed by atoms with E-state index >= 15 is 0 Å². The number of nitrogens with two attached hydrogens (primary N) is 1. The number of hydrogen-bond acceptors (Lipinski definition) is 3. The zero-order valence-electron chi connectivity index (χ0n) is 7.13. The summed E-state index contributed by atoms with van der Waals surface area (Å²) in [5.41, 5.74) is -0.811. The molecule has 0 spiro atoms. The molecule has 1 fully saturated rings. The summed E-state index contributed by atoms with van der Waals surface area (Å²) in [6, 6.07) is 0. The van der Waals surface area contributed by atoms with Crippen LogP contribution in [0.2, 0.25) is 0 Å². The van der Waals surface area contributed by atoms with Crippen molar-refractivity contribution in [2.45, 2.75) is 30.3 Å². The van der Waals surface area contributed by atoms with Crippen LogP contribution in [0.15, 0.2) is 0 Å². The minimum atomic E-state index is -5.84. The molecule has 1 rings (SSSR count). The predicted molar refractivity (Wildman–Crippen MR) is 39.8 cm³/mol. The van der Waals surface area contributed by atoms with Gasteiger partial charge in [-0.25, -0.2) is 8.78 Å². The third-order valence-corrected chi connectivity index (χ3v) is 2.18. The van der Waals surface area contributed by atoms with Gasteiger partial charge in [-0.1, -0.05) is 0 Å². The summed E-state index contributed by atoms with van der Waals surface area (Å²) < 4.78 is 81.3. The number of rotatable bonds is 0. The topological polar surface area (TPSA) is 80.4 Å². The first-order valence-electron chi connectivity index (χ1n) is 3.53. The van der Waals surface area contributed by atoms with Crippen molar-refractivity contribution in [2.24, 2.45) is 5.73 Å². The van der Waals surface area contributed by atoms with Crippen LogP contribution >= 0.6 is 0 Å². The summed E-state index contributed by atoms with van der Waals surface area (Å²) in [7, 11) is -5.84. The molecule has 0 radical (unpaired) electrons. The highest BCUT2D eigenvalue weighted by Gasteiger charge is 2.45. The third-order valence-electron chi connectivity index (χ3n) is 1.59. The van der Waals surface area contributed by atoms with Gasteiger partial charge in [-0.2, -0.15) is 21.6 Å². The fourth-order valence-electron chi connectivity index (χ4n) is 0.529. The second-order valence-electron chi connectivity index (χ2n) is 2.85. The standard InChI is InChI=1S/C4H7F2N.CHF3O3S/c5-3-1-2-4(3,6)7;2-1(3,4)8(5,6)7/h3H,1-2,7H2;(H,5,6,7). The van der Waals surface area contributed by atoms with Gasteiger partial charge in [-0.05, 0) is 6.42 Å². The second kappa shape index (κ2) is 4.18. The molecule has 1 aliphatic carbocycles. The van der Waals surface area contributed by atoms with Crippen molar-refractivity contribution < 1.29 is 34.9 Å². The molecule has 3 N–H and O–H groups in total. The normalized spacial score (nSPS) is 31.3. The smallest absolute Gasteiger partial charge is 0.297 e. The molecule has 1 aliphatic rings. The van der Waals surface area contributed by atoms with Gasteiger partial charge in [0.05, 0.1) is 0 Å². The quantitative estimate of drug-likeness (QED) is 0.295. The largest absolute Gasteiger partial charge is 0.522 e. The fraction of sp³-hybridized carbons (Fsp3) is 1.00. The minimum absolute atomic E-state index is 0.175. The zero-order valence-corrected chi connectivity index (χ0v) is 7.95. The van der Waals surface area contributed by atoms with Gasteiger partial charge >= 0.3 is 15.6 Å². The molecule has 10 heteroatoms. The van der Waals surface area contributed by atoms with Gasteiger partial charge in [-0.15, -0.1) is 0 Å². The zero-order chi connectivity index (χ0) is 12.5. The van der Waals surface area contributed by atoms with E-state index in [1.54, 1.807) is 0 Å². The lowest BCUT2D eigenvalue weighted by molar-refractivity contribution is -0.0510. The molecule has 0 bridgehead atoms. The van der Waals surface area contributed by atoms with Crippen molar-refractivity contribution >= 4 is 10.1 Å². The molecular weight excluding hydrogens is 249 g/mol. The molecular formula is C5H8F5NO3S. The van der Waals surface area contributed by atoms with Gasteiger partial charge in [-0.3, -0.25) is 10.3 Å². The average molecular weight is 257 g/mol. The maximum atomic E-state index is 12.0. The van der Waals surface area contributed by atoms with Crippen LogP contribution < -0.4 is 5.73 Å². The van der Waals surface area contributed by atoms with E-state index in [9.17, 15) is 22.0 Å². The van der Waals surface area contributed by atoms with E-state index < -0.39 is 27.6 Å². The Bertz CT molecular complexity index is 311. The summed E-state index contributed by atoms with van der Waals surface area (Å²) in [5.74, 6) is -1.99. The van der Waals surface area contributed by atoms with Crippen LogP contribution in [-0.4, -0.2) is 30.4 Å². The van der Waals surface area contributed by atoms with Gasteiger partial charge in [0.15, 0.2) is 5.79 Å². The first-order valence-corrected chi connectivity index (χ1v) is 4.97. The molecule has 0 aromatic heterocycles.